The number of carbonyl (C=O) groups is 1. The number of nitrogens with zero attached hydrogens (tertiary/aromatic N) is 1. The Morgan fingerprint density at radius 2 is 1.86 bits per heavy atom. The number of amides is 1. The molecule has 1 fully saturated rings. The van der Waals surface area contributed by atoms with Gasteiger partial charge in [0, 0.05) is 42.2 Å². The molecule has 1 aromatic carbocycles. The quantitative estimate of drug-likeness (QED) is 0.771. The van der Waals surface area contributed by atoms with E-state index < -0.39 is 20.7 Å². The van der Waals surface area contributed by atoms with Gasteiger partial charge < -0.3 is 4.90 Å². The molecule has 2 rings (SSSR count). The second-order valence-electron chi connectivity index (χ2n) is 5.14. The maximum atomic E-state index is 13.1. The van der Waals surface area contributed by atoms with Crippen molar-refractivity contribution < 1.29 is 22.0 Å². The van der Waals surface area contributed by atoms with Gasteiger partial charge in [-0.25, -0.2) is 17.2 Å². The van der Waals surface area contributed by atoms with E-state index in [1.807, 2.05) is 0 Å². The van der Waals surface area contributed by atoms with Gasteiger partial charge in [-0.2, -0.15) is 0 Å². The van der Waals surface area contributed by atoms with E-state index >= 15 is 0 Å². The van der Waals surface area contributed by atoms with Gasteiger partial charge in [0.1, 0.15) is 11.6 Å². The van der Waals surface area contributed by atoms with Crippen molar-refractivity contribution in [3.05, 3.63) is 35.4 Å². The SMILES string of the molecule is O=C1CC(CS(=O)(=O)Cl)CN1CCc1cc(F)cc(F)c1. The second kappa shape index (κ2) is 6.27. The van der Waals surface area contributed by atoms with Crippen LogP contribution >= 0.6 is 10.7 Å². The molecule has 0 bridgehead atoms. The molecule has 1 aromatic rings. The molecule has 1 aliphatic rings. The van der Waals surface area contributed by atoms with Crippen molar-refractivity contribution in [2.75, 3.05) is 18.8 Å². The van der Waals surface area contributed by atoms with E-state index in [1.165, 1.54) is 17.0 Å². The molecule has 116 valence electrons. The zero-order valence-electron chi connectivity index (χ0n) is 11.1. The van der Waals surface area contributed by atoms with Crippen molar-refractivity contribution in [1.82, 2.24) is 4.90 Å². The van der Waals surface area contributed by atoms with Gasteiger partial charge in [-0.05, 0) is 24.1 Å². The van der Waals surface area contributed by atoms with E-state index in [4.69, 9.17) is 10.7 Å². The summed E-state index contributed by atoms with van der Waals surface area (Å²) in [5.74, 6) is -2.07. The second-order valence-corrected chi connectivity index (χ2v) is 7.96. The van der Waals surface area contributed by atoms with Crippen LogP contribution in [0.25, 0.3) is 0 Å². The molecule has 0 aromatic heterocycles. The number of hydrogen-bond donors (Lipinski definition) is 0. The molecule has 1 saturated heterocycles. The Balaban J connectivity index is 1.93. The van der Waals surface area contributed by atoms with Crippen LogP contribution in [-0.4, -0.2) is 38.1 Å². The van der Waals surface area contributed by atoms with Crippen LogP contribution in [0, 0.1) is 17.6 Å². The molecule has 8 heteroatoms. The van der Waals surface area contributed by atoms with Crippen LogP contribution in [0.1, 0.15) is 12.0 Å². The molecule has 0 aliphatic carbocycles. The first-order chi connectivity index (χ1) is 9.73. The minimum atomic E-state index is -3.64. The van der Waals surface area contributed by atoms with Crippen LogP contribution < -0.4 is 0 Å². The zero-order chi connectivity index (χ0) is 15.6. The third-order valence-corrected chi connectivity index (χ3v) is 4.57. The number of rotatable bonds is 5. The first kappa shape index (κ1) is 16.2. The van der Waals surface area contributed by atoms with E-state index in [-0.39, 0.29) is 24.0 Å². The van der Waals surface area contributed by atoms with Crippen LogP contribution in [0.15, 0.2) is 18.2 Å². The minimum Gasteiger partial charge on any atom is -0.342 e. The fourth-order valence-electron chi connectivity index (χ4n) is 2.48. The molecule has 4 nitrogen and oxygen atoms in total. The number of carbonyl (C=O) groups excluding carboxylic acids is 1. The normalized spacial score (nSPS) is 19.3. The Labute approximate surface area is 126 Å². The third kappa shape index (κ3) is 4.93. The third-order valence-electron chi connectivity index (χ3n) is 3.32. The van der Waals surface area contributed by atoms with Crippen LogP contribution in [0.4, 0.5) is 8.78 Å². The van der Waals surface area contributed by atoms with Gasteiger partial charge in [-0.15, -0.1) is 0 Å². The van der Waals surface area contributed by atoms with E-state index in [0.29, 0.717) is 25.1 Å². The van der Waals surface area contributed by atoms with Gasteiger partial charge in [0.05, 0.1) is 5.75 Å². The summed E-state index contributed by atoms with van der Waals surface area (Å²) in [6, 6.07) is 3.21. The highest BCUT2D eigenvalue weighted by molar-refractivity contribution is 8.13. The highest BCUT2D eigenvalue weighted by atomic mass is 35.7. The lowest BCUT2D eigenvalue weighted by atomic mass is 10.1. The van der Waals surface area contributed by atoms with Crippen LogP contribution in [0.2, 0.25) is 0 Å². The fourth-order valence-corrected chi connectivity index (χ4v) is 3.80. The van der Waals surface area contributed by atoms with E-state index in [1.54, 1.807) is 0 Å². The maximum Gasteiger partial charge on any atom is 0.232 e. The van der Waals surface area contributed by atoms with Gasteiger partial charge in [-0.1, -0.05) is 0 Å². The summed E-state index contributed by atoms with van der Waals surface area (Å²) in [7, 11) is 1.54. The maximum absolute atomic E-state index is 13.1. The summed E-state index contributed by atoms with van der Waals surface area (Å²) in [4.78, 5) is 13.3. The van der Waals surface area contributed by atoms with Gasteiger partial charge in [0.25, 0.3) is 0 Å². The van der Waals surface area contributed by atoms with Gasteiger partial charge in [-0.3, -0.25) is 4.79 Å². The van der Waals surface area contributed by atoms with E-state index in [0.717, 1.165) is 6.07 Å². The summed E-state index contributed by atoms with van der Waals surface area (Å²) in [5.41, 5.74) is 0.453. The molecule has 0 spiro atoms. The molecule has 1 unspecified atom stereocenters. The standard InChI is InChI=1S/C13H14ClF2NO3S/c14-21(19,20)8-10-5-13(18)17(7-10)2-1-9-3-11(15)6-12(16)4-9/h3-4,6,10H,1-2,5,7-8H2. The van der Waals surface area contributed by atoms with Gasteiger partial charge in [0.15, 0.2) is 0 Å². The number of likely N-dealkylation sites (tertiary alicyclic amines) is 1. The summed E-state index contributed by atoms with van der Waals surface area (Å²) in [6.45, 7) is 0.586. The first-order valence-corrected chi connectivity index (χ1v) is 8.86. The van der Waals surface area contributed by atoms with E-state index in [9.17, 15) is 22.0 Å². The van der Waals surface area contributed by atoms with Crippen molar-refractivity contribution >= 4 is 25.6 Å². The molecule has 1 amide bonds. The number of halogens is 3. The average Bonchev–Trinajstić information content (AvgIpc) is 2.63. The summed E-state index contributed by atoms with van der Waals surface area (Å²) >= 11 is 0. The minimum absolute atomic E-state index is 0.128. The van der Waals surface area contributed by atoms with Gasteiger partial charge >= 0.3 is 0 Å². The fraction of sp³-hybridized carbons (Fsp3) is 0.462. The first-order valence-electron chi connectivity index (χ1n) is 6.38. The lowest BCUT2D eigenvalue weighted by Gasteiger charge is -2.16. The summed E-state index contributed by atoms with van der Waals surface area (Å²) in [6.07, 6.45) is 0.435. The predicted molar refractivity (Wildman–Crippen MR) is 74.4 cm³/mol. The Morgan fingerprint density at radius 3 is 2.43 bits per heavy atom. The molecular weight excluding hydrogens is 324 g/mol. The van der Waals surface area contributed by atoms with Crippen molar-refractivity contribution in [2.24, 2.45) is 5.92 Å². The average molecular weight is 338 g/mol. The molecule has 1 atom stereocenters. The molecule has 21 heavy (non-hydrogen) atoms. The van der Waals surface area contributed by atoms with Crippen LogP contribution in [-0.2, 0) is 20.3 Å². The molecule has 0 saturated carbocycles. The molecule has 0 N–H and O–H groups in total. The zero-order valence-corrected chi connectivity index (χ0v) is 12.6. The summed E-state index contributed by atoms with van der Waals surface area (Å²) in [5, 5.41) is 0. The molecule has 0 radical (unpaired) electrons. The highest BCUT2D eigenvalue weighted by Gasteiger charge is 2.31. The van der Waals surface area contributed by atoms with E-state index in [2.05, 4.69) is 0 Å². The lowest BCUT2D eigenvalue weighted by molar-refractivity contribution is -0.127. The monoisotopic (exact) mass is 337 g/mol. The lowest BCUT2D eigenvalue weighted by Crippen LogP contribution is -2.28. The Kier molecular flexibility index (Phi) is 4.83. The topological polar surface area (TPSA) is 54.5 Å². The van der Waals surface area contributed by atoms with Crippen molar-refractivity contribution in [2.45, 2.75) is 12.8 Å². The highest BCUT2D eigenvalue weighted by Crippen LogP contribution is 2.21. The predicted octanol–water partition coefficient (Wildman–Crippen LogP) is 1.92. The van der Waals surface area contributed by atoms with Crippen molar-refractivity contribution in [3.63, 3.8) is 0 Å². The van der Waals surface area contributed by atoms with Crippen LogP contribution in [0.5, 0.6) is 0 Å². The van der Waals surface area contributed by atoms with Crippen molar-refractivity contribution in [3.8, 4) is 0 Å². The number of benzene rings is 1. The molecular formula is C13H14ClF2NO3S. The Hall–Kier alpha value is -1.21. The largest absolute Gasteiger partial charge is 0.342 e. The summed E-state index contributed by atoms with van der Waals surface area (Å²) < 4.78 is 48.1. The van der Waals surface area contributed by atoms with Crippen molar-refractivity contribution in [1.29, 1.82) is 0 Å². The Bertz CT molecular complexity index is 631. The van der Waals surface area contributed by atoms with Gasteiger partial charge in [0.2, 0.25) is 15.0 Å². The molecule has 1 heterocycles. The number of hydrogen-bond acceptors (Lipinski definition) is 3. The van der Waals surface area contributed by atoms with Crippen LogP contribution in [0.3, 0.4) is 0 Å². The molecule has 1 aliphatic heterocycles. The Morgan fingerprint density at radius 1 is 1.24 bits per heavy atom. The smallest absolute Gasteiger partial charge is 0.232 e.